The van der Waals surface area contributed by atoms with Crippen LogP contribution in [0.25, 0.3) is 0 Å². The summed E-state index contributed by atoms with van der Waals surface area (Å²) in [5.74, 6) is -3.17. The van der Waals surface area contributed by atoms with Crippen molar-refractivity contribution in [1.29, 1.82) is 0 Å². The second-order valence-corrected chi connectivity index (χ2v) is 8.65. The fraction of sp³-hybridized carbons (Fsp3) is 0.348. The van der Waals surface area contributed by atoms with Crippen LogP contribution in [0, 0.1) is 0 Å². The average molecular weight is 486 g/mol. The van der Waals surface area contributed by atoms with E-state index in [1.165, 1.54) is 17.4 Å². The van der Waals surface area contributed by atoms with Crippen LogP contribution in [0.3, 0.4) is 0 Å². The highest BCUT2D eigenvalue weighted by Crippen LogP contribution is 2.39. The number of aryl methyl sites for hydroxylation is 1. The summed E-state index contributed by atoms with van der Waals surface area (Å²) in [6, 6.07) is 5.39. The number of hydrogen-bond acceptors (Lipinski definition) is 8. The molecule has 1 aromatic carbocycles. The van der Waals surface area contributed by atoms with Crippen molar-refractivity contribution in [1.82, 2.24) is 4.90 Å². The van der Waals surface area contributed by atoms with Gasteiger partial charge in [-0.15, -0.1) is 11.3 Å². The Morgan fingerprint density at radius 1 is 1.06 bits per heavy atom. The molecule has 2 aromatic rings. The molecule has 2 heterocycles. The highest BCUT2D eigenvalue weighted by atomic mass is 32.1. The standard InChI is InChI=1S/C23H23N3O7S/c1-3-32-15-10-6-5-9-14(15)26-21(29)20(28)25(23(26)31)12-17(27)24-19-18(22(30)33-4-2)13-8-7-11-16(13)34-19/h5-6,9-10H,3-4,7-8,11-12H2,1-2H3,(H,24,27). The molecule has 34 heavy (non-hydrogen) atoms. The van der Waals surface area contributed by atoms with Crippen LogP contribution in [0.5, 0.6) is 5.75 Å². The molecule has 0 unspecified atom stereocenters. The van der Waals surface area contributed by atoms with Gasteiger partial charge in [0.05, 0.1) is 24.5 Å². The molecular formula is C23H23N3O7S. The van der Waals surface area contributed by atoms with E-state index >= 15 is 0 Å². The zero-order valence-corrected chi connectivity index (χ0v) is 19.5. The molecule has 1 aliphatic carbocycles. The van der Waals surface area contributed by atoms with Gasteiger partial charge in [-0.05, 0) is 50.8 Å². The van der Waals surface area contributed by atoms with Gasteiger partial charge in [-0.2, -0.15) is 0 Å². The number of anilines is 2. The largest absolute Gasteiger partial charge is 0.492 e. The Morgan fingerprint density at radius 3 is 2.56 bits per heavy atom. The van der Waals surface area contributed by atoms with Crippen LogP contribution in [0.2, 0.25) is 0 Å². The van der Waals surface area contributed by atoms with E-state index < -0.39 is 36.3 Å². The Morgan fingerprint density at radius 2 is 1.82 bits per heavy atom. The summed E-state index contributed by atoms with van der Waals surface area (Å²) in [6.45, 7) is 3.24. The van der Waals surface area contributed by atoms with Crippen molar-refractivity contribution in [3.63, 3.8) is 0 Å². The number of nitrogens with zero attached hydrogens (tertiary/aromatic N) is 2. The lowest BCUT2D eigenvalue weighted by atomic mass is 10.1. The molecule has 0 bridgehead atoms. The summed E-state index contributed by atoms with van der Waals surface area (Å²) in [6.07, 6.45) is 2.43. The average Bonchev–Trinajstić information content (AvgIpc) is 3.44. The molecule has 1 saturated heterocycles. The van der Waals surface area contributed by atoms with Crippen molar-refractivity contribution in [2.75, 3.05) is 30.0 Å². The molecule has 178 valence electrons. The third-order valence-corrected chi connectivity index (χ3v) is 6.62. The Balaban J connectivity index is 1.54. The van der Waals surface area contributed by atoms with Crippen molar-refractivity contribution < 1.29 is 33.4 Å². The number of benzene rings is 1. The number of carbonyl (C=O) groups is 5. The van der Waals surface area contributed by atoms with Crippen molar-refractivity contribution >= 4 is 51.7 Å². The maximum absolute atomic E-state index is 12.9. The van der Waals surface area contributed by atoms with Gasteiger partial charge >= 0.3 is 23.8 Å². The van der Waals surface area contributed by atoms with Crippen molar-refractivity contribution in [2.24, 2.45) is 0 Å². The molecule has 0 spiro atoms. The predicted octanol–water partition coefficient (Wildman–Crippen LogP) is 2.75. The van der Waals surface area contributed by atoms with Crippen molar-refractivity contribution in [3.05, 3.63) is 40.3 Å². The van der Waals surface area contributed by atoms with E-state index in [9.17, 15) is 24.0 Å². The number of fused-ring (bicyclic) bond motifs is 1. The van der Waals surface area contributed by atoms with Gasteiger partial charge in [0.25, 0.3) is 0 Å². The van der Waals surface area contributed by atoms with Gasteiger partial charge in [0.15, 0.2) is 0 Å². The highest BCUT2D eigenvalue weighted by Gasteiger charge is 2.47. The third-order valence-electron chi connectivity index (χ3n) is 5.41. The molecule has 4 rings (SSSR count). The topological polar surface area (TPSA) is 122 Å². The normalized spacial score (nSPS) is 15.1. The Hall–Kier alpha value is -3.73. The first-order valence-corrected chi connectivity index (χ1v) is 11.7. The lowest BCUT2D eigenvalue weighted by molar-refractivity contribution is -0.140. The number of ether oxygens (including phenoxy) is 2. The van der Waals surface area contributed by atoms with E-state index in [-0.39, 0.29) is 18.0 Å². The monoisotopic (exact) mass is 485 g/mol. The first-order valence-electron chi connectivity index (χ1n) is 10.9. The first-order chi connectivity index (χ1) is 16.4. The molecule has 0 saturated carbocycles. The SMILES string of the molecule is CCOC(=O)c1c(NC(=O)CN2C(=O)C(=O)N(c3ccccc3OCC)C2=O)sc2c1CCC2. The number of thiophene rings is 1. The molecule has 0 radical (unpaired) electrons. The van der Waals surface area contributed by atoms with E-state index in [0.29, 0.717) is 33.4 Å². The highest BCUT2D eigenvalue weighted by molar-refractivity contribution is 7.17. The fourth-order valence-corrected chi connectivity index (χ4v) is 5.29. The van der Waals surface area contributed by atoms with Crippen LogP contribution in [-0.4, -0.2) is 54.4 Å². The number of hydrogen-bond donors (Lipinski definition) is 1. The summed E-state index contributed by atoms with van der Waals surface area (Å²) in [5, 5.41) is 2.94. The van der Waals surface area contributed by atoms with Crippen LogP contribution in [0.1, 0.15) is 41.1 Å². The maximum atomic E-state index is 12.9. The molecule has 0 atom stereocenters. The minimum Gasteiger partial charge on any atom is -0.492 e. The second kappa shape index (κ2) is 9.64. The van der Waals surface area contributed by atoms with E-state index in [1.807, 2.05) is 0 Å². The Kier molecular flexibility index (Phi) is 6.64. The molecule has 1 fully saturated rings. The smallest absolute Gasteiger partial charge is 0.341 e. The van der Waals surface area contributed by atoms with E-state index in [0.717, 1.165) is 23.3 Å². The van der Waals surface area contributed by atoms with Gasteiger partial charge in [-0.25, -0.2) is 19.4 Å². The van der Waals surface area contributed by atoms with Gasteiger partial charge in [0, 0.05) is 4.88 Å². The van der Waals surface area contributed by atoms with E-state index in [4.69, 9.17) is 9.47 Å². The van der Waals surface area contributed by atoms with Crippen molar-refractivity contribution in [3.8, 4) is 5.75 Å². The summed E-state index contributed by atoms with van der Waals surface area (Å²) < 4.78 is 10.6. The molecule has 5 amide bonds. The molecule has 1 aromatic heterocycles. The van der Waals surface area contributed by atoms with Gasteiger partial charge in [-0.3, -0.25) is 14.4 Å². The molecular weight excluding hydrogens is 462 g/mol. The van der Waals surface area contributed by atoms with Gasteiger partial charge in [0.1, 0.15) is 17.3 Å². The predicted molar refractivity (Wildman–Crippen MR) is 123 cm³/mol. The number of urea groups is 1. The summed E-state index contributed by atoms with van der Waals surface area (Å²) >= 11 is 1.28. The number of imide groups is 2. The molecule has 10 nitrogen and oxygen atoms in total. The van der Waals surface area contributed by atoms with Crippen molar-refractivity contribution in [2.45, 2.75) is 33.1 Å². The zero-order chi connectivity index (χ0) is 24.4. The minimum absolute atomic E-state index is 0.120. The third kappa shape index (κ3) is 4.14. The number of para-hydroxylation sites is 2. The fourth-order valence-electron chi connectivity index (χ4n) is 4.00. The van der Waals surface area contributed by atoms with E-state index in [1.54, 1.807) is 32.0 Å². The summed E-state index contributed by atoms with van der Waals surface area (Å²) in [7, 11) is 0. The molecule has 1 aliphatic heterocycles. The number of esters is 1. The Bertz CT molecular complexity index is 1190. The summed E-state index contributed by atoms with van der Waals surface area (Å²) in [4.78, 5) is 65.7. The summed E-state index contributed by atoms with van der Waals surface area (Å²) in [5.41, 5.74) is 1.30. The van der Waals surface area contributed by atoms with E-state index in [2.05, 4.69) is 5.32 Å². The minimum atomic E-state index is -1.12. The lowest BCUT2D eigenvalue weighted by Gasteiger charge is -2.18. The first kappa shape index (κ1) is 23.4. The number of carbonyl (C=O) groups excluding carboxylic acids is 5. The molecule has 1 N–H and O–H groups in total. The lowest BCUT2D eigenvalue weighted by Crippen LogP contribution is -2.39. The maximum Gasteiger partial charge on any atom is 0.341 e. The van der Waals surface area contributed by atoms with Crippen LogP contribution in [0.4, 0.5) is 15.5 Å². The van der Waals surface area contributed by atoms with Crippen LogP contribution in [0.15, 0.2) is 24.3 Å². The number of amides is 5. The van der Waals surface area contributed by atoms with Gasteiger partial charge in [-0.1, -0.05) is 12.1 Å². The quantitative estimate of drug-likeness (QED) is 0.347. The van der Waals surface area contributed by atoms with Crippen LogP contribution in [-0.2, 0) is 32.0 Å². The second-order valence-electron chi connectivity index (χ2n) is 7.55. The van der Waals surface area contributed by atoms with Crippen LogP contribution < -0.4 is 15.0 Å². The van der Waals surface area contributed by atoms with Gasteiger partial charge < -0.3 is 14.8 Å². The zero-order valence-electron chi connectivity index (χ0n) is 18.7. The number of rotatable bonds is 8. The van der Waals surface area contributed by atoms with Crippen LogP contribution >= 0.6 is 11.3 Å². The molecule has 11 heteroatoms. The Labute approximate surface area is 199 Å². The van der Waals surface area contributed by atoms with Gasteiger partial charge in [0.2, 0.25) is 5.91 Å². The number of nitrogens with one attached hydrogen (secondary N) is 1. The molecule has 2 aliphatic rings.